The Kier molecular flexibility index (Phi) is 5.99. The predicted molar refractivity (Wildman–Crippen MR) is 103 cm³/mol. The maximum Gasteiger partial charge on any atom is 0.196 e. The van der Waals surface area contributed by atoms with Gasteiger partial charge in [-0.15, -0.1) is 0 Å². The Labute approximate surface area is 157 Å². The number of halogens is 1. The number of pyridine rings is 1. The van der Waals surface area contributed by atoms with Gasteiger partial charge in [-0.2, -0.15) is 0 Å². The topological polar surface area (TPSA) is 69.7 Å². The van der Waals surface area contributed by atoms with Crippen molar-refractivity contribution in [1.82, 2.24) is 4.98 Å². The minimum Gasteiger partial charge on any atom is -0.497 e. The normalized spacial score (nSPS) is 11.3. The van der Waals surface area contributed by atoms with Gasteiger partial charge in [-0.1, -0.05) is 24.3 Å². The molecule has 0 aliphatic carbocycles. The van der Waals surface area contributed by atoms with E-state index < -0.39 is 0 Å². The number of hydrogen-bond acceptors (Lipinski definition) is 4. The second kappa shape index (κ2) is 8.80. The van der Waals surface area contributed by atoms with Crippen LogP contribution in [-0.4, -0.2) is 17.9 Å². The zero-order valence-corrected chi connectivity index (χ0v) is 14.9. The third kappa shape index (κ3) is 5.28. The minimum absolute atomic E-state index is 0.281. The molecular weight excluding hydrogens is 345 g/mol. The first-order chi connectivity index (χ1) is 13.1. The molecule has 0 amide bonds. The zero-order valence-electron chi connectivity index (χ0n) is 14.9. The van der Waals surface area contributed by atoms with Gasteiger partial charge in [0.2, 0.25) is 0 Å². The van der Waals surface area contributed by atoms with Gasteiger partial charge in [-0.05, 0) is 47.5 Å². The smallest absolute Gasteiger partial charge is 0.196 e. The van der Waals surface area contributed by atoms with Gasteiger partial charge in [-0.3, -0.25) is 0 Å². The van der Waals surface area contributed by atoms with Crippen molar-refractivity contribution in [2.75, 3.05) is 7.11 Å². The van der Waals surface area contributed by atoms with Gasteiger partial charge in [0, 0.05) is 12.6 Å². The number of nitrogens with zero attached hydrogens (tertiary/aromatic N) is 2. The molecule has 0 atom stereocenters. The number of rotatable bonds is 7. The van der Waals surface area contributed by atoms with Crippen molar-refractivity contribution in [3.05, 3.63) is 83.8 Å². The lowest BCUT2D eigenvalue weighted by atomic mass is 10.1. The summed E-state index contributed by atoms with van der Waals surface area (Å²) in [6.07, 6.45) is 2.11. The highest BCUT2D eigenvalue weighted by molar-refractivity contribution is 5.85. The summed E-state index contributed by atoms with van der Waals surface area (Å²) >= 11 is 0. The van der Waals surface area contributed by atoms with Crippen molar-refractivity contribution in [3.63, 3.8) is 0 Å². The van der Waals surface area contributed by atoms with Gasteiger partial charge >= 0.3 is 0 Å². The Morgan fingerprint density at radius 1 is 1.04 bits per heavy atom. The molecule has 0 radical (unpaired) electrons. The molecule has 0 fully saturated rings. The number of ether oxygens (including phenoxy) is 2. The molecule has 2 aromatic carbocycles. The zero-order chi connectivity index (χ0) is 19.1. The van der Waals surface area contributed by atoms with E-state index in [2.05, 4.69) is 9.98 Å². The Morgan fingerprint density at radius 3 is 2.44 bits per heavy atom. The summed E-state index contributed by atoms with van der Waals surface area (Å²) in [5.74, 6) is 1.85. The summed E-state index contributed by atoms with van der Waals surface area (Å²) in [4.78, 5) is 8.63. The van der Waals surface area contributed by atoms with Crippen LogP contribution in [0.25, 0.3) is 0 Å². The Morgan fingerprint density at radius 2 is 1.74 bits per heavy atom. The van der Waals surface area contributed by atoms with Crippen LogP contribution in [0.1, 0.15) is 11.1 Å². The number of aliphatic imine (C=N–C) groups is 1. The van der Waals surface area contributed by atoms with Gasteiger partial charge in [0.25, 0.3) is 0 Å². The molecule has 1 heterocycles. The van der Waals surface area contributed by atoms with Crippen LogP contribution in [0.5, 0.6) is 11.5 Å². The SMILES string of the molecule is COc1ccc(C/C(N)=N/c2ncccc2OCc2ccc(F)cc2)cc1. The molecule has 3 rings (SSSR count). The molecule has 5 nitrogen and oxygen atoms in total. The van der Waals surface area contributed by atoms with Crippen LogP contribution in [-0.2, 0) is 13.0 Å². The van der Waals surface area contributed by atoms with Gasteiger partial charge in [0.05, 0.1) is 7.11 Å². The molecule has 0 aliphatic rings. The lowest BCUT2D eigenvalue weighted by Gasteiger charge is -2.09. The van der Waals surface area contributed by atoms with E-state index in [1.807, 2.05) is 24.3 Å². The first-order valence-corrected chi connectivity index (χ1v) is 8.42. The molecule has 27 heavy (non-hydrogen) atoms. The van der Waals surface area contributed by atoms with E-state index in [0.29, 0.717) is 23.8 Å². The number of nitrogens with two attached hydrogens (primary N) is 1. The van der Waals surface area contributed by atoms with Gasteiger partial charge in [0.15, 0.2) is 11.6 Å². The van der Waals surface area contributed by atoms with Crippen molar-refractivity contribution >= 4 is 11.7 Å². The number of aromatic nitrogens is 1. The van der Waals surface area contributed by atoms with E-state index in [4.69, 9.17) is 15.2 Å². The highest BCUT2D eigenvalue weighted by atomic mass is 19.1. The molecule has 138 valence electrons. The van der Waals surface area contributed by atoms with Crippen LogP contribution in [0, 0.1) is 5.82 Å². The van der Waals surface area contributed by atoms with Crippen molar-refractivity contribution in [3.8, 4) is 11.5 Å². The number of hydrogen-bond donors (Lipinski definition) is 1. The molecule has 6 heteroatoms. The quantitative estimate of drug-likeness (QED) is 0.507. The van der Waals surface area contributed by atoms with Crippen LogP contribution < -0.4 is 15.2 Å². The van der Waals surface area contributed by atoms with Crippen LogP contribution in [0.2, 0.25) is 0 Å². The molecule has 2 N–H and O–H groups in total. The predicted octanol–water partition coefficient (Wildman–Crippen LogP) is 4.04. The second-order valence-corrected chi connectivity index (χ2v) is 5.87. The van der Waals surface area contributed by atoms with Crippen molar-refractivity contribution in [2.24, 2.45) is 10.7 Å². The molecule has 0 aliphatic heterocycles. The third-order valence-electron chi connectivity index (χ3n) is 3.85. The third-order valence-corrected chi connectivity index (χ3v) is 3.85. The van der Waals surface area contributed by atoms with Crippen molar-refractivity contribution < 1.29 is 13.9 Å². The van der Waals surface area contributed by atoms with Crippen molar-refractivity contribution in [2.45, 2.75) is 13.0 Å². The summed E-state index contributed by atoms with van der Waals surface area (Å²) in [7, 11) is 1.62. The number of methoxy groups -OCH3 is 1. The van der Waals surface area contributed by atoms with E-state index >= 15 is 0 Å². The summed E-state index contributed by atoms with van der Waals surface area (Å²) < 4.78 is 23.9. The maximum atomic E-state index is 13.0. The largest absolute Gasteiger partial charge is 0.497 e. The molecule has 0 bridgehead atoms. The highest BCUT2D eigenvalue weighted by Gasteiger charge is 2.06. The lowest BCUT2D eigenvalue weighted by molar-refractivity contribution is 0.306. The minimum atomic E-state index is -0.281. The summed E-state index contributed by atoms with van der Waals surface area (Å²) in [6.45, 7) is 0.285. The molecule has 0 saturated heterocycles. The van der Waals surface area contributed by atoms with Crippen LogP contribution in [0.4, 0.5) is 10.2 Å². The fourth-order valence-electron chi connectivity index (χ4n) is 2.45. The van der Waals surface area contributed by atoms with Gasteiger partial charge in [-0.25, -0.2) is 14.4 Å². The van der Waals surface area contributed by atoms with E-state index in [1.54, 1.807) is 37.6 Å². The molecular formula is C21H20FN3O2. The van der Waals surface area contributed by atoms with E-state index in [0.717, 1.165) is 16.9 Å². The van der Waals surface area contributed by atoms with E-state index in [-0.39, 0.29) is 12.4 Å². The number of benzene rings is 2. The Bertz CT molecular complexity index is 909. The lowest BCUT2D eigenvalue weighted by Crippen LogP contribution is -2.14. The van der Waals surface area contributed by atoms with Crippen LogP contribution in [0.3, 0.4) is 0 Å². The summed E-state index contributed by atoms with van der Waals surface area (Å²) in [5.41, 5.74) is 7.95. The molecule has 3 aromatic rings. The molecule has 0 spiro atoms. The Balaban J connectivity index is 1.69. The molecule has 0 unspecified atom stereocenters. The van der Waals surface area contributed by atoms with Gasteiger partial charge < -0.3 is 15.2 Å². The first-order valence-electron chi connectivity index (χ1n) is 8.42. The van der Waals surface area contributed by atoms with Gasteiger partial charge in [0.1, 0.15) is 24.0 Å². The monoisotopic (exact) mass is 365 g/mol. The van der Waals surface area contributed by atoms with E-state index in [1.165, 1.54) is 12.1 Å². The summed E-state index contributed by atoms with van der Waals surface area (Å²) in [5, 5.41) is 0. The molecule has 0 saturated carbocycles. The van der Waals surface area contributed by atoms with Crippen molar-refractivity contribution in [1.29, 1.82) is 0 Å². The fourth-order valence-corrected chi connectivity index (χ4v) is 2.45. The van der Waals surface area contributed by atoms with Crippen LogP contribution >= 0.6 is 0 Å². The van der Waals surface area contributed by atoms with E-state index in [9.17, 15) is 4.39 Å². The molecule has 1 aromatic heterocycles. The first kappa shape index (κ1) is 18.4. The maximum absolute atomic E-state index is 13.0. The second-order valence-electron chi connectivity index (χ2n) is 5.87. The highest BCUT2D eigenvalue weighted by Crippen LogP contribution is 2.25. The fraction of sp³-hybridized carbons (Fsp3) is 0.143. The summed E-state index contributed by atoms with van der Waals surface area (Å²) in [6, 6.07) is 17.3. The average molecular weight is 365 g/mol. The average Bonchev–Trinajstić information content (AvgIpc) is 2.69. The van der Waals surface area contributed by atoms with Crippen LogP contribution in [0.15, 0.2) is 71.9 Å². The number of amidine groups is 1. The standard InChI is InChI=1S/C21H20FN3O2/c1-26-18-10-6-15(7-11-18)13-20(23)25-21-19(3-2-12-24-21)27-14-16-4-8-17(22)9-5-16/h2-12H,13-14H2,1H3,(H2,23,24,25). The Hall–Kier alpha value is -3.41.